The Bertz CT molecular complexity index is 613. The number of aryl methyl sites for hydroxylation is 1. The predicted molar refractivity (Wildman–Crippen MR) is 96.1 cm³/mol. The molecule has 2 rings (SSSR count). The van der Waals surface area contributed by atoms with Gasteiger partial charge in [0.25, 0.3) is 11.5 Å². The Morgan fingerprint density at radius 3 is 2.50 bits per heavy atom. The molecule has 0 aliphatic heterocycles. The lowest BCUT2D eigenvalue weighted by Crippen LogP contribution is -2.40. The van der Waals surface area contributed by atoms with Crippen molar-refractivity contribution in [3.63, 3.8) is 0 Å². The molecule has 1 heterocycles. The van der Waals surface area contributed by atoms with E-state index in [0.29, 0.717) is 17.7 Å². The highest BCUT2D eigenvalue weighted by Crippen LogP contribution is 2.40. The Labute approximate surface area is 144 Å². The van der Waals surface area contributed by atoms with Gasteiger partial charge in [0.2, 0.25) is 0 Å². The van der Waals surface area contributed by atoms with Crippen molar-refractivity contribution in [2.45, 2.75) is 78.8 Å². The molecular weight excluding hydrogens is 302 g/mol. The molecule has 0 saturated heterocycles. The Hall–Kier alpha value is -1.65. The zero-order valence-electron chi connectivity index (χ0n) is 15.5. The lowest BCUT2D eigenvalue weighted by atomic mass is 9.69. The van der Waals surface area contributed by atoms with E-state index >= 15 is 0 Å². The van der Waals surface area contributed by atoms with E-state index < -0.39 is 0 Å². The van der Waals surface area contributed by atoms with Crippen molar-refractivity contribution in [1.82, 2.24) is 15.1 Å². The predicted octanol–water partition coefficient (Wildman–Crippen LogP) is 3.38. The SMILES string of the molecule is CCCn1nc(C(=O)NC2CCC(C(C)(C)CC)CC2)ccc1=O. The molecule has 1 amide bonds. The molecule has 1 aromatic rings. The topological polar surface area (TPSA) is 64.0 Å². The molecule has 134 valence electrons. The van der Waals surface area contributed by atoms with Crippen molar-refractivity contribution >= 4 is 5.91 Å². The van der Waals surface area contributed by atoms with Crippen LogP contribution in [0, 0.1) is 11.3 Å². The van der Waals surface area contributed by atoms with Crippen molar-refractivity contribution in [1.29, 1.82) is 0 Å². The molecule has 1 aliphatic rings. The normalized spacial score (nSPS) is 21.5. The maximum Gasteiger partial charge on any atom is 0.271 e. The summed E-state index contributed by atoms with van der Waals surface area (Å²) in [4.78, 5) is 24.1. The highest BCUT2D eigenvalue weighted by atomic mass is 16.2. The average molecular weight is 333 g/mol. The molecule has 1 fully saturated rings. The monoisotopic (exact) mass is 333 g/mol. The van der Waals surface area contributed by atoms with E-state index in [1.807, 2.05) is 6.92 Å². The van der Waals surface area contributed by atoms with E-state index in [4.69, 9.17) is 0 Å². The van der Waals surface area contributed by atoms with Gasteiger partial charge in [-0.15, -0.1) is 0 Å². The van der Waals surface area contributed by atoms with Crippen LogP contribution in [0.5, 0.6) is 0 Å². The van der Waals surface area contributed by atoms with E-state index in [1.54, 1.807) is 0 Å². The van der Waals surface area contributed by atoms with Crippen LogP contribution in [0.2, 0.25) is 0 Å². The van der Waals surface area contributed by atoms with Crippen LogP contribution in [0.3, 0.4) is 0 Å². The van der Waals surface area contributed by atoms with Crippen LogP contribution in [0.1, 0.15) is 76.7 Å². The molecule has 0 unspecified atom stereocenters. The van der Waals surface area contributed by atoms with Gasteiger partial charge in [0.15, 0.2) is 0 Å². The smallest absolute Gasteiger partial charge is 0.271 e. The van der Waals surface area contributed by atoms with Gasteiger partial charge in [0.05, 0.1) is 0 Å². The molecule has 1 saturated carbocycles. The standard InChI is InChI=1S/C19H31N3O2/c1-5-13-22-17(23)12-11-16(21-22)18(24)20-15-9-7-14(8-10-15)19(3,4)6-2/h11-12,14-15H,5-10,13H2,1-4H3,(H,20,24). The van der Waals surface area contributed by atoms with E-state index in [9.17, 15) is 9.59 Å². The van der Waals surface area contributed by atoms with Crippen LogP contribution in [0.4, 0.5) is 0 Å². The fraction of sp³-hybridized carbons (Fsp3) is 0.737. The third kappa shape index (κ3) is 4.46. The third-order valence-corrected chi connectivity index (χ3v) is 5.61. The van der Waals surface area contributed by atoms with Crippen molar-refractivity contribution in [2.75, 3.05) is 0 Å². The van der Waals surface area contributed by atoms with Gasteiger partial charge in [-0.2, -0.15) is 5.10 Å². The number of carbonyl (C=O) groups excluding carboxylic acids is 1. The number of nitrogens with zero attached hydrogens (tertiary/aromatic N) is 2. The van der Waals surface area contributed by atoms with Crippen LogP contribution in [0.15, 0.2) is 16.9 Å². The maximum atomic E-state index is 12.4. The molecule has 5 heteroatoms. The summed E-state index contributed by atoms with van der Waals surface area (Å²) in [6, 6.07) is 3.17. The van der Waals surface area contributed by atoms with Crippen molar-refractivity contribution in [2.24, 2.45) is 11.3 Å². The molecule has 1 aromatic heterocycles. The average Bonchev–Trinajstić information content (AvgIpc) is 2.57. The number of hydrogen-bond donors (Lipinski definition) is 1. The molecule has 1 aliphatic carbocycles. The fourth-order valence-electron chi connectivity index (χ4n) is 3.51. The number of rotatable bonds is 6. The molecule has 24 heavy (non-hydrogen) atoms. The maximum absolute atomic E-state index is 12.4. The third-order valence-electron chi connectivity index (χ3n) is 5.61. The first kappa shape index (κ1) is 18.7. The minimum atomic E-state index is -0.168. The van der Waals surface area contributed by atoms with Crippen molar-refractivity contribution < 1.29 is 4.79 Å². The first-order valence-electron chi connectivity index (χ1n) is 9.26. The van der Waals surface area contributed by atoms with Crippen LogP contribution in [-0.2, 0) is 6.54 Å². The van der Waals surface area contributed by atoms with Gasteiger partial charge in [0, 0.05) is 18.7 Å². The van der Waals surface area contributed by atoms with Gasteiger partial charge in [-0.25, -0.2) is 4.68 Å². The number of aromatic nitrogens is 2. The van der Waals surface area contributed by atoms with Gasteiger partial charge < -0.3 is 5.32 Å². The van der Waals surface area contributed by atoms with Crippen LogP contribution in [-0.4, -0.2) is 21.7 Å². The summed E-state index contributed by atoms with van der Waals surface area (Å²) in [7, 11) is 0. The summed E-state index contributed by atoms with van der Waals surface area (Å²) in [6.45, 7) is 9.47. The minimum Gasteiger partial charge on any atom is -0.348 e. The van der Waals surface area contributed by atoms with E-state index in [1.165, 1.54) is 23.2 Å². The summed E-state index contributed by atoms with van der Waals surface area (Å²) < 4.78 is 1.37. The van der Waals surface area contributed by atoms with Gasteiger partial charge in [-0.3, -0.25) is 9.59 Å². The van der Waals surface area contributed by atoms with E-state index in [0.717, 1.165) is 38.0 Å². The summed E-state index contributed by atoms with van der Waals surface area (Å²) in [5.41, 5.74) is 0.557. The van der Waals surface area contributed by atoms with Crippen LogP contribution in [0.25, 0.3) is 0 Å². The number of amides is 1. The van der Waals surface area contributed by atoms with E-state index in [2.05, 4.69) is 31.2 Å². The largest absolute Gasteiger partial charge is 0.348 e. The molecule has 0 radical (unpaired) electrons. The molecule has 1 N–H and O–H groups in total. The minimum absolute atomic E-state index is 0.157. The molecule has 5 nitrogen and oxygen atoms in total. The Morgan fingerprint density at radius 1 is 1.25 bits per heavy atom. The van der Waals surface area contributed by atoms with Gasteiger partial charge in [-0.05, 0) is 49.5 Å². The van der Waals surface area contributed by atoms with Crippen molar-refractivity contribution in [3.05, 3.63) is 28.2 Å². The molecule has 0 aromatic carbocycles. The highest BCUT2D eigenvalue weighted by Gasteiger charge is 2.32. The fourth-order valence-corrected chi connectivity index (χ4v) is 3.51. The number of carbonyl (C=O) groups is 1. The van der Waals surface area contributed by atoms with Crippen molar-refractivity contribution in [3.8, 4) is 0 Å². The van der Waals surface area contributed by atoms with Crippen LogP contribution >= 0.6 is 0 Å². The molecule has 0 atom stereocenters. The molecular formula is C19H31N3O2. The van der Waals surface area contributed by atoms with Gasteiger partial charge in [-0.1, -0.05) is 34.1 Å². The number of nitrogens with one attached hydrogen (secondary N) is 1. The molecule has 0 spiro atoms. The van der Waals surface area contributed by atoms with Gasteiger partial charge >= 0.3 is 0 Å². The first-order valence-corrected chi connectivity index (χ1v) is 9.26. The lowest BCUT2D eigenvalue weighted by molar-refractivity contribution is 0.0886. The summed E-state index contributed by atoms with van der Waals surface area (Å²) in [5.74, 6) is 0.568. The number of hydrogen-bond acceptors (Lipinski definition) is 3. The zero-order valence-corrected chi connectivity index (χ0v) is 15.5. The van der Waals surface area contributed by atoms with Gasteiger partial charge in [0.1, 0.15) is 5.69 Å². The van der Waals surface area contributed by atoms with Crippen LogP contribution < -0.4 is 10.9 Å². The Balaban J connectivity index is 1.94. The summed E-state index contributed by atoms with van der Waals surface area (Å²) >= 11 is 0. The first-order chi connectivity index (χ1) is 11.4. The Kier molecular flexibility index (Phi) is 6.19. The lowest BCUT2D eigenvalue weighted by Gasteiger charge is -2.39. The summed E-state index contributed by atoms with van der Waals surface area (Å²) in [5, 5.41) is 7.28. The second-order valence-corrected chi connectivity index (χ2v) is 7.64. The molecule has 0 bridgehead atoms. The summed E-state index contributed by atoms with van der Waals surface area (Å²) in [6.07, 6.45) is 6.37. The highest BCUT2D eigenvalue weighted by molar-refractivity contribution is 5.92. The Morgan fingerprint density at radius 2 is 1.92 bits per heavy atom. The van der Waals surface area contributed by atoms with E-state index in [-0.39, 0.29) is 17.5 Å². The quantitative estimate of drug-likeness (QED) is 0.868. The second kappa shape index (κ2) is 7.95. The zero-order chi connectivity index (χ0) is 17.7. The second-order valence-electron chi connectivity index (χ2n) is 7.64.